The van der Waals surface area contributed by atoms with Crippen LogP contribution in [-0.4, -0.2) is 29.4 Å². The van der Waals surface area contributed by atoms with E-state index in [-0.39, 0.29) is 11.9 Å². The average molecular weight is 363 g/mol. The van der Waals surface area contributed by atoms with E-state index in [1.807, 2.05) is 24.3 Å². The predicted octanol–water partition coefficient (Wildman–Crippen LogP) is 4.33. The zero-order valence-corrected chi connectivity index (χ0v) is 15.1. The molecular formula is C19H23ClN2O3. The van der Waals surface area contributed by atoms with Crippen LogP contribution < -0.4 is 10.1 Å². The number of carbonyl (C=O) groups excluding carboxylic acids is 1. The first-order valence-electron chi connectivity index (χ1n) is 8.75. The maximum Gasteiger partial charge on any atom is 0.289 e. The van der Waals surface area contributed by atoms with Gasteiger partial charge in [-0.25, -0.2) is 4.98 Å². The highest BCUT2D eigenvalue weighted by Gasteiger charge is 2.23. The molecule has 0 radical (unpaired) electrons. The van der Waals surface area contributed by atoms with Crippen molar-refractivity contribution in [3.8, 4) is 17.2 Å². The molecule has 0 bridgehead atoms. The van der Waals surface area contributed by atoms with Crippen molar-refractivity contribution in [1.29, 1.82) is 0 Å². The van der Waals surface area contributed by atoms with Gasteiger partial charge in [-0.1, -0.05) is 12.8 Å². The van der Waals surface area contributed by atoms with Gasteiger partial charge in [-0.2, -0.15) is 0 Å². The van der Waals surface area contributed by atoms with E-state index in [1.165, 1.54) is 12.8 Å². The smallest absolute Gasteiger partial charge is 0.289 e. The molecule has 5 nitrogen and oxygen atoms in total. The third-order valence-electron chi connectivity index (χ3n) is 4.34. The summed E-state index contributed by atoms with van der Waals surface area (Å²) in [5.41, 5.74) is 1.42. The van der Waals surface area contributed by atoms with Crippen molar-refractivity contribution in [3.05, 3.63) is 35.7 Å². The number of rotatable bonds is 7. The van der Waals surface area contributed by atoms with Crippen LogP contribution in [0.2, 0.25) is 0 Å². The Hall–Kier alpha value is -2.01. The van der Waals surface area contributed by atoms with E-state index in [2.05, 4.69) is 10.3 Å². The minimum atomic E-state index is -0.177. The van der Waals surface area contributed by atoms with Gasteiger partial charge in [-0.15, -0.1) is 11.6 Å². The number of aryl methyl sites for hydroxylation is 1. The number of carbonyl (C=O) groups is 1. The maximum absolute atomic E-state index is 12.4. The monoisotopic (exact) mass is 362 g/mol. The van der Waals surface area contributed by atoms with Crippen molar-refractivity contribution in [1.82, 2.24) is 10.3 Å². The fourth-order valence-corrected chi connectivity index (χ4v) is 3.10. The first-order chi connectivity index (χ1) is 12.2. The highest BCUT2D eigenvalue weighted by Crippen LogP contribution is 2.25. The van der Waals surface area contributed by atoms with Crippen LogP contribution in [0.5, 0.6) is 5.75 Å². The summed E-state index contributed by atoms with van der Waals surface area (Å²) in [6.07, 6.45) is 5.23. The van der Waals surface area contributed by atoms with E-state index in [9.17, 15) is 4.79 Å². The summed E-state index contributed by atoms with van der Waals surface area (Å²) in [7, 11) is 0. The van der Waals surface area contributed by atoms with E-state index in [0.29, 0.717) is 29.8 Å². The molecule has 1 N–H and O–H groups in total. The number of alkyl halides is 1. The van der Waals surface area contributed by atoms with Crippen LogP contribution in [0.4, 0.5) is 0 Å². The minimum Gasteiger partial charge on any atom is -0.494 e. The fourth-order valence-electron chi connectivity index (χ4n) is 2.99. The van der Waals surface area contributed by atoms with Gasteiger partial charge >= 0.3 is 0 Å². The van der Waals surface area contributed by atoms with Gasteiger partial charge in [-0.05, 0) is 50.5 Å². The predicted molar refractivity (Wildman–Crippen MR) is 97.2 cm³/mol. The standard InChI is InChI=1S/C19H23ClN2O3/c1-13-17(18(23)22-15-5-2-3-6-15)25-19(21-13)14-7-9-16(10-8-14)24-12-4-11-20/h7-10,15H,2-6,11-12H2,1H3,(H,22,23). The molecule has 1 aliphatic rings. The summed E-state index contributed by atoms with van der Waals surface area (Å²) in [5, 5.41) is 3.04. The summed E-state index contributed by atoms with van der Waals surface area (Å²) in [5.74, 6) is 1.92. The highest BCUT2D eigenvalue weighted by atomic mass is 35.5. The molecule has 6 heteroatoms. The van der Waals surface area contributed by atoms with Crippen molar-refractivity contribution in [2.75, 3.05) is 12.5 Å². The molecule has 1 aromatic heterocycles. The Bertz CT molecular complexity index is 706. The largest absolute Gasteiger partial charge is 0.494 e. The van der Waals surface area contributed by atoms with Crippen molar-refractivity contribution in [3.63, 3.8) is 0 Å². The number of halogens is 1. The molecule has 1 heterocycles. The van der Waals surface area contributed by atoms with Crippen molar-refractivity contribution < 1.29 is 13.9 Å². The number of ether oxygens (including phenoxy) is 1. The Labute approximate surface area is 152 Å². The molecule has 0 aliphatic heterocycles. The van der Waals surface area contributed by atoms with Gasteiger partial charge in [0.1, 0.15) is 5.75 Å². The van der Waals surface area contributed by atoms with E-state index >= 15 is 0 Å². The van der Waals surface area contributed by atoms with Gasteiger partial charge in [0.2, 0.25) is 11.7 Å². The number of aromatic nitrogens is 1. The van der Waals surface area contributed by atoms with E-state index in [1.54, 1.807) is 6.92 Å². The van der Waals surface area contributed by atoms with Crippen LogP contribution in [0.3, 0.4) is 0 Å². The normalized spacial score (nSPS) is 14.6. The molecular weight excluding hydrogens is 340 g/mol. The summed E-state index contributed by atoms with van der Waals surface area (Å²) in [4.78, 5) is 16.8. The first kappa shape index (κ1) is 17.8. The second-order valence-electron chi connectivity index (χ2n) is 6.30. The van der Waals surface area contributed by atoms with Gasteiger partial charge in [0.15, 0.2) is 0 Å². The molecule has 1 amide bonds. The van der Waals surface area contributed by atoms with Crippen LogP contribution >= 0.6 is 11.6 Å². The van der Waals surface area contributed by atoms with Gasteiger partial charge in [0.05, 0.1) is 12.3 Å². The molecule has 0 saturated heterocycles. The van der Waals surface area contributed by atoms with Gasteiger partial charge in [0.25, 0.3) is 5.91 Å². The fraction of sp³-hybridized carbons (Fsp3) is 0.474. The minimum absolute atomic E-state index is 0.177. The van der Waals surface area contributed by atoms with Crippen molar-refractivity contribution in [2.24, 2.45) is 0 Å². The van der Waals surface area contributed by atoms with Crippen molar-refractivity contribution in [2.45, 2.75) is 45.1 Å². The molecule has 0 spiro atoms. The first-order valence-corrected chi connectivity index (χ1v) is 9.28. The Balaban J connectivity index is 1.67. The third-order valence-corrected chi connectivity index (χ3v) is 4.61. The topological polar surface area (TPSA) is 64.4 Å². The molecule has 0 atom stereocenters. The van der Waals surface area contributed by atoms with Crippen LogP contribution in [-0.2, 0) is 0 Å². The van der Waals surface area contributed by atoms with Gasteiger partial charge < -0.3 is 14.5 Å². The zero-order valence-electron chi connectivity index (χ0n) is 14.4. The number of benzene rings is 1. The van der Waals surface area contributed by atoms with Gasteiger partial charge in [0, 0.05) is 17.5 Å². The quantitative estimate of drug-likeness (QED) is 0.588. The number of hydrogen-bond donors (Lipinski definition) is 1. The lowest BCUT2D eigenvalue weighted by Crippen LogP contribution is -2.32. The third kappa shape index (κ3) is 4.54. The van der Waals surface area contributed by atoms with E-state index in [4.69, 9.17) is 20.8 Å². The molecule has 0 unspecified atom stereocenters. The average Bonchev–Trinajstić information content (AvgIpc) is 3.25. The lowest BCUT2D eigenvalue weighted by Gasteiger charge is -2.10. The van der Waals surface area contributed by atoms with E-state index < -0.39 is 0 Å². The van der Waals surface area contributed by atoms with Crippen LogP contribution in [0, 0.1) is 6.92 Å². The van der Waals surface area contributed by atoms with Crippen molar-refractivity contribution >= 4 is 17.5 Å². The SMILES string of the molecule is Cc1nc(-c2ccc(OCCCCl)cc2)oc1C(=O)NC1CCCC1. The zero-order chi connectivity index (χ0) is 17.6. The Kier molecular flexibility index (Phi) is 5.97. The molecule has 1 fully saturated rings. The van der Waals surface area contributed by atoms with Crippen LogP contribution in [0.1, 0.15) is 48.4 Å². The lowest BCUT2D eigenvalue weighted by molar-refractivity contribution is 0.0910. The lowest BCUT2D eigenvalue weighted by atomic mass is 10.2. The van der Waals surface area contributed by atoms with Crippen LogP contribution in [0.25, 0.3) is 11.5 Å². The molecule has 1 aliphatic carbocycles. The molecule has 25 heavy (non-hydrogen) atoms. The highest BCUT2D eigenvalue weighted by molar-refractivity contribution is 6.17. The second kappa shape index (κ2) is 8.39. The summed E-state index contributed by atoms with van der Waals surface area (Å²) in [6.45, 7) is 2.38. The summed E-state index contributed by atoms with van der Waals surface area (Å²) < 4.78 is 11.3. The Morgan fingerprint density at radius 2 is 2.04 bits per heavy atom. The molecule has 1 saturated carbocycles. The summed E-state index contributed by atoms with van der Waals surface area (Å²) in [6, 6.07) is 7.73. The molecule has 3 rings (SSSR count). The Morgan fingerprint density at radius 3 is 2.72 bits per heavy atom. The Morgan fingerprint density at radius 1 is 1.32 bits per heavy atom. The number of nitrogens with zero attached hydrogens (tertiary/aromatic N) is 1. The number of hydrogen-bond acceptors (Lipinski definition) is 4. The van der Waals surface area contributed by atoms with Gasteiger partial charge in [-0.3, -0.25) is 4.79 Å². The molecule has 2 aromatic rings. The molecule has 1 aromatic carbocycles. The van der Waals surface area contributed by atoms with E-state index in [0.717, 1.165) is 30.6 Å². The number of nitrogens with one attached hydrogen (secondary N) is 1. The van der Waals surface area contributed by atoms with Crippen LogP contribution in [0.15, 0.2) is 28.7 Å². The number of oxazole rings is 1. The number of amides is 1. The molecule has 134 valence electrons. The second-order valence-corrected chi connectivity index (χ2v) is 6.68. The maximum atomic E-state index is 12.4. The summed E-state index contributed by atoms with van der Waals surface area (Å²) >= 11 is 5.64.